The van der Waals surface area contributed by atoms with Gasteiger partial charge in [-0.15, -0.1) is 0 Å². The maximum atomic E-state index is 13.3. The number of anilines is 2. The third-order valence-corrected chi connectivity index (χ3v) is 7.01. The van der Waals surface area contributed by atoms with Crippen LogP contribution in [0.4, 0.5) is 16.2 Å². The van der Waals surface area contributed by atoms with Crippen LogP contribution >= 0.6 is 0 Å². The fraction of sp³-hybridized carbons (Fsp3) is 0.350. The van der Waals surface area contributed by atoms with E-state index in [1.54, 1.807) is 9.80 Å². The number of hydrogen-bond donors (Lipinski definition) is 0. The highest BCUT2D eigenvalue weighted by atomic mass is 32.2. The quantitative estimate of drug-likeness (QED) is 0.780. The SMILES string of the molecule is CCc1ccccc1N1C(=O)N(c2ccc(C)cc2)[C@@H]2CS(=O)(=O)C[C@H]21. The number of benzene rings is 2. The van der Waals surface area contributed by atoms with E-state index in [2.05, 4.69) is 0 Å². The molecule has 2 aromatic rings. The lowest BCUT2D eigenvalue weighted by molar-refractivity contribution is 0.255. The molecule has 0 bridgehead atoms. The van der Waals surface area contributed by atoms with E-state index in [0.717, 1.165) is 28.9 Å². The van der Waals surface area contributed by atoms with Crippen molar-refractivity contribution in [1.82, 2.24) is 0 Å². The second-order valence-electron chi connectivity index (χ2n) is 7.05. The summed E-state index contributed by atoms with van der Waals surface area (Å²) in [5, 5.41) is 0. The van der Waals surface area contributed by atoms with Gasteiger partial charge in [0.15, 0.2) is 9.84 Å². The fourth-order valence-electron chi connectivity index (χ4n) is 4.04. The molecule has 0 aliphatic carbocycles. The minimum atomic E-state index is -3.17. The van der Waals surface area contributed by atoms with Crippen LogP contribution < -0.4 is 9.80 Å². The van der Waals surface area contributed by atoms with Gasteiger partial charge >= 0.3 is 6.03 Å². The number of aryl methyl sites for hydroxylation is 2. The van der Waals surface area contributed by atoms with Gasteiger partial charge in [0.2, 0.25) is 0 Å². The summed E-state index contributed by atoms with van der Waals surface area (Å²) in [6.07, 6.45) is 0.786. The van der Waals surface area contributed by atoms with Gasteiger partial charge in [0.25, 0.3) is 0 Å². The summed E-state index contributed by atoms with van der Waals surface area (Å²) >= 11 is 0. The molecule has 2 heterocycles. The smallest absolute Gasteiger partial charge is 0.288 e. The molecule has 0 unspecified atom stereocenters. The van der Waals surface area contributed by atoms with E-state index in [4.69, 9.17) is 0 Å². The number of nitrogens with zero attached hydrogens (tertiary/aromatic N) is 2. The highest BCUT2D eigenvalue weighted by Crippen LogP contribution is 2.39. The molecule has 2 amide bonds. The summed E-state index contributed by atoms with van der Waals surface area (Å²) in [6.45, 7) is 4.03. The number of urea groups is 1. The first-order valence-electron chi connectivity index (χ1n) is 8.88. The molecule has 0 N–H and O–H groups in total. The second kappa shape index (κ2) is 6.13. The standard InChI is InChI=1S/C20H22N2O3S/c1-3-15-6-4-5-7-17(15)22-19-13-26(24,25)12-18(19)21(20(22)23)16-10-8-14(2)9-11-16/h4-11,18-19H,3,12-13H2,1-2H3/t18-,19-/m1/s1. The lowest BCUT2D eigenvalue weighted by atomic mass is 10.1. The first-order valence-corrected chi connectivity index (χ1v) is 10.7. The molecule has 2 atom stereocenters. The van der Waals surface area contributed by atoms with Crippen LogP contribution in [0.25, 0.3) is 0 Å². The summed E-state index contributed by atoms with van der Waals surface area (Å²) < 4.78 is 24.7. The fourth-order valence-corrected chi connectivity index (χ4v) is 5.96. The Hall–Kier alpha value is -2.34. The van der Waals surface area contributed by atoms with E-state index in [-0.39, 0.29) is 29.6 Å². The van der Waals surface area contributed by atoms with Crippen molar-refractivity contribution < 1.29 is 13.2 Å². The summed E-state index contributed by atoms with van der Waals surface area (Å²) in [4.78, 5) is 16.7. The van der Waals surface area contributed by atoms with Crippen LogP contribution in [0.1, 0.15) is 18.1 Å². The van der Waals surface area contributed by atoms with Crippen LogP contribution in [-0.2, 0) is 16.3 Å². The van der Waals surface area contributed by atoms with Gasteiger partial charge in [-0.05, 0) is 37.1 Å². The highest BCUT2D eigenvalue weighted by molar-refractivity contribution is 7.91. The van der Waals surface area contributed by atoms with Crippen LogP contribution in [0, 0.1) is 6.92 Å². The van der Waals surface area contributed by atoms with E-state index in [0.29, 0.717) is 0 Å². The van der Waals surface area contributed by atoms with E-state index in [1.807, 2.05) is 62.4 Å². The lowest BCUT2D eigenvalue weighted by Crippen LogP contribution is -2.38. The van der Waals surface area contributed by atoms with Crippen molar-refractivity contribution in [2.45, 2.75) is 32.4 Å². The van der Waals surface area contributed by atoms with Crippen LogP contribution in [0.3, 0.4) is 0 Å². The molecule has 6 heteroatoms. The zero-order valence-corrected chi connectivity index (χ0v) is 15.7. The van der Waals surface area contributed by atoms with E-state index >= 15 is 0 Å². The van der Waals surface area contributed by atoms with E-state index in [1.165, 1.54) is 0 Å². The molecule has 136 valence electrons. The molecule has 2 aromatic carbocycles. The maximum Gasteiger partial charge on any atom is 0.329 e. The van der Waals surface area contributed by atoms with Crippen molar-refractivity contribution in [2.75, 3.05) is 21.3 Å². The molecule has 26 heavy (non-hydrogen) atoms. The zero-order chi connectivity index (χ0) is 18.5. The van der Waals surface area contributed by atoms with Gasteiger partial charge in [-0.3, -0.25) is 9.80 Å². The van der Waals surface area contributed by atoms with Gasteiger partial charge in [0.1, 0.15) is 0 Å². The van der Waals surface area contributed by atoms with Gasteiger partial charge in [0, 0.05) is 11.4 Å². The van der Waals surface area contributed by atoms with Gasteiger partial charge in [-0.1, -0.05) is 42.8 Å². The Morgan fingerprint density at radius 1 is 0.962 bits per heavy atom. The molecule has 0 aromatic heterocycles. The molecule has 2 saturated heterocycles. The van der Waals surface area contributed by atoms with Crippen molar-refractivity contribution in [3.05, 3.63) is 59.7 Å². The number of fused-ring (bicyclic) bond motifs is 1. The summed E-state index contributed by atoms with van der Waals surface area (Å²) in [7, 11) is -3.17. The van der Waals surface area contributed by atoms with Crippen molar-refractivity contribution in [2.24, 2.45) is 0 Å². The normalized spacial score (nSPS) is 24.2. The average molecular weight is 370 g/mol. The number of sulfone groups is 1. The second-order valence-corrected chi connectivity index (χ2v) is 9.21. The van der Waals surface area contributed by atoms with Crippen molar-refractivity contribution >= 4 is 27.2 Å². The molecule has 5 nitrogen and oxygen atoms in total. The minimum Gasteiger partial charge on any atom is -0.288 e. The Labute approximate surface area is 154 Å². The summed E-state index contributed by atoms with van der Waals surface area (Å²) in [5.41, 5.74) is 3.73. The van der Waals surface area contributed by atoms with E-state index in [9.17, 15) is 13.2 Å². The van der Waals surface area contributed by atoms with Gasteiger partial charge in [-0.2, -0.15) is 0 Å². The van der Waals surface area contributed by atoms with Gasteiger partial charge in [-0.25, -0.2) is 13.2 Å². The number of para-hydroxylation sites is 1. The molecule has 0 radical (unpaired) electrons. The number of amides is 2. The topological polar surface area (TPSA) is 57.7 Å². The predicted molar refractivity (Wildman–Crippen MR) is 104 cm³/mol. The Kier molecular flexibility index (Phi) is 4.03. The van der Waals surface area contributed by atoms with Crippen molar-refractivity contribution in [3.8, 4) is 0 Å². The van der Waals surface area contributed by atoms with Crippen LogP contribution in [-0.4, -0.2) is 38.0 Å². The Bertz CT molecular complexity index is 953. The number of carbonyl (C=O) groups excluding carboxylic acids is 1. The van der Waals surface area contributed by atoms with Gasteiger partial charge in [0.05, 0.1) is 23.6 Å². The third-order valence-electron chi connectivity index (χ3n) is 5.31. The number of rotatable bonds is 3. The first kappa shape index (κ1) is 17.1. The lowest BCUT2D eigenvalue weighted by Gasteiger charge is -2.24. The molecule has 2 aliphatic heterocycles. The Morgan fingerprint density at radius 3 is 2.23 bits per heavy atom. The first-order chi connectivity index (χ1) is 12.4. The molecular weight excluding hydrogens is 348 g/mol. The number of carbonyl (C=O) groups is 1. The van der Waals surface area contributed by atoms with E-state index < -0.39 is 9.84 Å². The predicted octanol–water partition coefficient (Wildman–Crippen LogP) is 3.17. The Morgan fingerprint density at radius 2 is 1.58 bits per heavy atom. The minimum absolute atomic E-state index is 0.0159. The van der Waals surface area contributed by atoms with Gasteiger partial charge < -0.3 is 0 Å². The molecule has 0 spiro atoms. The number of hydrogen-bond acceptors (Lipinski definition) is 3. The third kappa shape index (κ3) is 2.69. The van der Waals surface area contributed by atoms with Crippen LogP contribution in [0.2, 0.25) is 0 Å². The zero-order valence-electron chi connectivity index (χ0n) is 14.9. The monoisotopic (exact) mass is 370 g/mol. The maximum absolute atomic E-state index is 13.3. The summed E-state index contributed by atoms with van der Waals surface area (Å²) in [6, 6.07) is 14.6. The van der Waals surface area contributed by atoms with Crippen LogP contribution in [0.5, 0.6) is 0 Å². The molecule has 4 rings (SSSR count). The molecule has 2 aliphatic rings. The Balaban J connectivity index is 1.83. The van der Waals surface area contributed by atoms with Crippen molar-refractivity contribution in [1.29, 1.82) is 0 Å². The highest BCUT2D eigenvalue weighted by Gasteiger charge is 2.54. The molecular formula is C20H22N2O3S. The van der Waals surface area contributed by atoms with Crippen molar-refractivity contribution in [3.63, 3.8) is 0 Å². The largest absolute Gasteiger partial charge is 0.329 e. The summed E-state index contributed by atoms with van der Waals surface area (Å²) in [5.74, 6) is 0.0336. The van der Waals surface area contributed by atoms with Crippen LogP contribution in [0.15, 0.2) is 48.5 Å². The molecule has 2 fully saturated rings. The molecule has 0 saturated carbocycles. The average Bonchev–Trinajstić information content (AvgIpc) is 3.04.